The van der Waals surface area contributed by atoms with Crippen LogP contribution in [0.5, 0.6) is 0 Å². The Morgan fingerprint density at radius 3 is 2.67 bits per heavy atom. The van der Waals surface area contributed by atoms with E-state index in [9.17, 15) is 0 Å². The molecule has 66 valence electrons. The number of rotatable bonds is 3. The van der Waals surface area contributed by atoms with Crippen LogP contribution in [0.4, 0.5) is 0 Å². The van der Waals surface area contributed by atoms with E-state index in [4.69, 9.17) is 5.73 Å². The van der Waals surface area contributed by atoms with Crippen LogP contribution in [0, 0.1) is 13.8 Å². The highest BCUT2D eigenvalue weighted by atomic mass is 14.7. The molecule has 0 radical (unpaired) electrons. The van der Waals surface area contributed by atoms with E-state index >= 15 is 0 Å². The van der Waals surface area contributed by atoms with Crippen molar-refractivity contribution in [1.29, 1.82) is 0 Å². The fourth-order valence-corrected chi connectivity index (χ4v) is 1.11. The van der Waals surface area contributed by atoms with Crippen LogP contribution < -0.4 is 5.73 Å². The van der Waals surface area contributed by atoms with Gasteiger partial charge >= 0.3 is 0 Å². The van der Waals surface area contributed by atoms with Crippen molar-refractivity contribution in [2.24, 2.45) is 5.73 Å². The molecule has 0 aliphatic carbocycles. The molecule has 0 amide bonds. The Bertz CT molecular complexity index is 256. The largest absolute Gasteiger partial charge is 0.330 e. The fourth-order valence-electron chi connectivity index (χ4n) is 1.11. The van der Waals surface area contributed by atoms with Crippen LogP contribution in [0.1, 0.15) is 23.4 Å². The number of aromatic nitrogens is 1. The summed E-state index contributed by atoms with van der Waals surface area (Å²) in [6, 6.07) is 4.20. The molecule has 0 saturated heterocycles. The molecule has 1 rings (SSSR count). The standard InChI is InChI=1S/C10H16N2/c1-8-5-6-10(4-3-7-11)12-9(8)2/h5-6H,3-4,7,11H2,1-2H3. The zero-order chi connectivity index (χ0) is 8.97. The van der Waals surface area contributed by atoms with Crippen LogP contribution in [-0.4, -0.2) is 11.5 Å². The minimum absolute atomic E-state index is 0.745. The molecule has 0 aromatic carbocycles. The van der Waals surface area contributed by atoms with E-state index in [1.165, 1.54) is 5.56 Å². The van der Waals surface area contributed by atoms with Gasteiger partial charge in [0.1, 0.15) is 0 Å². The highest BCUT2D eigenvalue weighted by molar-refractivity contribution is 5.20. The molecule has 1 aromatic rings. The Balaban J connectivity index is 2.69. The number of nitrogens with two attached hydrogens (primary N) is 1. The predicted octanol–water partition coefficient (Wildman–Crippen LogP) is 1.59. The van der Waals surface area contributed by atoms with Crippen LogP contribution in [-0.2, 0) is 6.42 Å². The van der Waals surface area contributed by atoms with Gasteiger partial charge in [-0.2, -0.15) is 0 Å². The van der Waals surface area contributed by atoms with Crippen molar-refractivity contribution < 1.29 is 0 Å². The summed E-state index contributed by atoms with van der Waals surface area (Å²) in [5.74, 6) is 0. The third-order valence-corrected chi connectivity index (χ3v) is 2.04. The van der Waals surface area contributed by atoms with E-state index in [1.807, 2.05) is 6.92 Å². The first-order valence-corrected chi connectivity index (χ1v) is 4.37. The summed E-state index contributed by atoms with van der Waals surface area (Å²) in [4.78, 5) is 4.45. The van der Waals surface area contributed by atoms with Crippen LogP contribution in [0.3, 0.4) is 0 Å². The molecule has 0 bridgehead atoms. The predicted molar refractivity (Wildman–Crippen MR) is 51.1 cm³/mol. The van der Waals surface area contributed by atoms with Crippen molar-refractivity contribution >= 4 is 0 Å². The van der Waals surface area contributed by atoms with Crippen molar-refractivity contribution in [1.82, 2.24) is 4.98 Å². The lowest BCUT2D eigenvalue weighted by Gasteiger charge is -2.02. The molecular weight excluding hydrogens is 148 g/mol. The number of nitrogens with zero attached hydrogens (tertiary/aromatic N) is 1. The number of aryl methyl sites for hydroxylation is 3. The number of hydrogen-bond acceptors (Lipinski definition) is 2. The summed E-state index contributed by atoms with van der Waals surface area (Å²) in [5.41, 5.74) is 8.96. The Hall–Kier alpha value is -0.890. The second kappa shape index (κ2) is 4.21. The monoisotopic (exact) mass is 164 g/mol. The van der Waals surface area contributed by atoms with E-state index in [0.29, 0.717) is 0 Å². The van der Waals surface area contributed by atoms with E-state index < -0.39 is 0 Å². The molecule has 2 N–H and O–H groups in total. The first-order chi connectivity index (χ1) is 5.74. The average molecular weight is 164 g/mol. The quantitative estimate of drug-likeness (QED) is 0.736. The molecule has 0 aliphatic rings. The Morgan fingerprint density at radius 2 is 2.08 bits per heavy atom. The molecule has 2 nitrogen and oxygen atoms in total. The second-order valence-corrected chi connectivity index (χ2v) is 3.10. The van der Waals surface area contributed by atoms with Gasteiger partial charge in [0.15, 0.2) is 0 Å². The highest BCUT2D eigenvalue weighted by Gasteiger charge is 1.96. The molecule has 1 heterocycles. The molecule has 12 heavy (non-hydrogen) atoms. The summed E-state index contributed by atoms with van der Waals surface area (Å²) in [6.45, 7) is 4.87. The van der Waals surface area contributed by atoms with Gasteiger partial charge in [-0.25, -0.2) is 0 Å². The van der Waals surface area contributed by atoms with Gasteiger partial charge in [-0.3, -0.25) is 4.98 Å². The van der Waals surface area contributed by atoms with E-state index in [-0.39, 0.29) is 0 Å². The molecule has 0 aliphatic heterocycles. The lowest BCUT2D eigenvalue weighted by molar-refractivity contribution is 0.805. The summed E-state index contributed by atoms with van der Waals surface area (Å²) in [5, 5.41) is 0. The van der Waals surface area contributed by atoms with Crippen molar-refractivity contribution in [3.63, 3.8) is 0 Å². The summed E-state index contributed by atoms with van der Waals surface area (Å²) in [7, 11) is 0. The van der Waals surface area contributed by atoms with Gasteiger partial charge in [0.25, 0.3) is 0 Å². The molecule has 2 heteroatoms. The average Bonchev–Trinajstić information content (AvgIpc) is 2.07. The highest BCUT2D eigenvalue weighted by Crippen LogP contribution is 2.06. The Kier molecular flexibility index (Phi) is 3.23. The lowest BCUT2D eigenvalue weighted by atomic mass is 10.1. The minimum Gasteiger partial charge on any atom is -0.330 e. The molecule has 0 unspecified atom stereocenters. The van der Waals surface area contributed by atoms with Crippen molar-refractivity contribution in [2.75, 3.05) is 6.54 Å². The van der Waals surface area contributed by atoms with Gasteiger partial charge in [0, 0.05) is 11.4 Å². The van der Waals surface area contributed by atoms with E-state index in [1.54, 1.807) is 0 Å². The third-order valence-electron chi connectivity index (χ3n) is 2.04. The van der Waals surface area contributed by atoms with Gasteiger partial charge in [-0.15, -0.1) is 0 Å². The lowest BCUT2D eigenvalue weighted by Crippen LogP contribution is -2.02. The topological polar surface area (TPSA) is 38.9 Å². The molecular formula is C10H16N2. The maximum absolute atomic E-state index is 5.42. The van der Waals surface area contributed by atoms with Gasteiger partial charge in [0.05, 0.1) is 0 Å². The molecule has 0 fully saturated rings. The fraction of sp³-hybridized carbons (Fsp3) is 0.500. The maximum Gasteiger partial charge on any atom is 0.0407 e. The van der Waals surface area contributed by atoms with Gasteiger partial charge < -0.3 is 5.73 Å². The van der Waals surface area contributed by atoms with E-state index in [0.717, 1.165) is 30.8 Å². The molecule has 0 saturated carbocycles. The van der Waals surface area contributed by atoms with Gasteiger partial charge in [0.2, 0.25) is 0 Å². The SMILES string of the molecule is Cc1ccc(CCCN)nc1C. The first kappa shape index (κ1) is 9.20. The summed E-state index contributed by atoms with van der Waals surface area (Å²) in [6.07, 6.45) is 2.02. The minimum atomic E-state index is 0.745. The van der Waals surface area contributed by atoms with Crippen LogP contribution in [0.2, 0.25) is 0 Å². The zero-order valence-corrected chi connectivity index (χ0v) is 7.80. The zero-order valence-electron chi connectivity index (χ0n) is 7.80. The molecule has 0 spiro atoms. The normalized spacial score (nSPS) is 10.2. The molecule has 1 aromatic heterocycles. The van der Waals surface area contributed by atoms with Crippen molar-refractivity contribution in [2.45, 2.75) is 26.7 Å². The van der Waals surface area contributed by atoms with Gasteiger partial charge in [-0.05, 0) is 44.9 Å². The van der Waals surface area contributed by atoms with Crippen LogP contribution >= 0.6 is 0 Å². The number of hydrogen-bond donors (Lipinski definition) is 1. The number of pyridine rings is 1. The molecule has 0 atom stereocenters. The van der Waals surface area contributed by atoms with E-state index in [2.05, 4.69) is 24.0 Å². The summed E-state index contributed by atoms with van der Waals surface area (Å²) < 4.78 is 0. The summed E-state index contributed by atoms with van der Waals surface area (Å²) >= 11 is 0. The Morgan fingerprint density at radius 1 is 1.33 bits per heavy atom. The van der Waals surface area contributed by atoms with Crippen molar-refractivity contribution in [3.05, 3.63) is 29.1 Å². The van der Waals surface area contributed by atoms with Crippen LogP contribution in [0.25, 0.3) is 0 Å². The third kappa shape index (κ3) is 2.31. The first-order valence-electron chi connectivity index (χ1n) is 4.37. The van der Waals surface area contributed by atoms with Gasteiger partial charge in [-0.1, -0.05) is 6.07 Å². The smallest absolute Gasteiger partial charge is 0.0407 e. The van der Waals surface area contributed by atoms with Crippen LogP contribution in [0.15, 0.2) is 12.1 Å². The maximum atomic E-state index is 5.42. The Labute approximate surface area is 73.8 Å². The van der Waals surface area contributed by atoms with Crippen molar-refractivity contribution in [3.8, 4) is 0 Å². The second-order valence-electron chi connectivity index (χ2n) is 3.10.